The van der Waals surface area contributed by atoms with Crippen LogP contribution >= 0.6 is 24.0 Å². The molecular weight excluding hydrogens is 741 g/mol. The van der Waals surface area contributed by atoms with Gasteiger partial charge in [0.1, 0.15) is 28.0 Å². The SMILES string of the molecule is O=C(CCN1C(=O)/C(=C/c2cc(-c3cc(C(F)(F)F)cc(C(F)(F)F)c3)ccc2OCCN2CCOCC2)SC1=S)Nc1ccc(C(=O)O)c(O)c1. The van der Waals surface area contributed by atoms with Gasteiger partial charge >= 0.3 is 18.3 Å². The van der Waals surface area contributed by atoms with Crippen LogP contribution in [-0.2, 0) is 26.7 Å². The van der Waals surface area contributed by atoms with E-state index in [4.69, 9.17) is 26.8 Å². The molecule has 10 nitrogen and oxygen atoms in total. The minimum atomic E-state index is -5.06. The van der Waals surface area contributed by atoms with Crippen LogP contribution in [0.3, 0.4) is 0 Å². The number of benzene rings is 3. The number of carboxylic acids is 1. The van der Waals surface area contributed by atoms with E-state index < -0.39 is 47.0 Å². The lowest BCUT2D eigenvalue weighted by Gasteiger charge is -2.26. The summed E-state index contributed by atoms with van der Waals surface area (Å²) in [6.45, 7) is 2.95. The fraction of sp³-hybridized carbons (Fsp3) is 0.294. The number of rotatable bonds is 11. The lowest BCUT2D eigenvalue weighted by Crippen LogP contribution is -2.38. The molecule has 2 aliphatic rings. The fourth-order valence-electron chi connectivity index (χ4n) is 5.26. The largest absolute Gasteiger partial charge is 0.507 e. The zero-order valence-corrected chi connectivity index (χ0v) is 28.5. The van der Waals surface area contributed by atoms with Crippen LogP contribution in [0.4, 0.5) is 32.0 Å². The van der Waals surface area contributed by atoms with Crippen LogP contribution in [0.15, 0.2) is 59.5 Å². The molecule has 0 aliphatic carbocycles. The summed E-state index contributed by atoms with van der Waals surface area (Å²) in [4.78, 5) is 40.5. The lowest BCUT2D eigenvalue weighted by atomic mass is 9.97. The predicted octanol–water partition coefficient (Wildman–Crippen LogP) is 6.74. The van der Waals surface area contributed by atoms with Gasteiger partial charge < -0.3 is 25.0 Å². The van der Waals surface area contributed by atoms with Gasteiger partial charge in [0.05, 0.1) is 29.2 Å². The number of hydrogen-bond acceptors (Lipinski definition) is 9. The Morgan fingerprint density at radius 1 is 0.942 bits per heavy atom. The first kappa shape index (κ1) is 38.6. The number of ether oxygens (including phenoxy) is 2. The first-order chi connectivity index (χ1) is 24.5. The van der Waals surface area contributed by atoms with Crippen molar-refractivity contribution in [2.75, 3.05) is 51.3 Å². The molecule has 3 aromatic carbocycles. The van der Waals surface area contributed by atoms with Gasteiger partial charge in [0, 0.05) is 49.9 Å². The van der Waals surface area contributed by atoms with Gasteiger partial charge in [-0.05, 0) is 59.7 Å². The Labute approximate surface area is 302 Å². The van der Waals surface area contributed by atoms with Crippen molar-refractivity contribution in [3.63, 3.8) is 0 Å². The number of halogens is 6. The van der Waals surface area contributed by atoms with Crippen molar-refractivity contribution in [3.05, 3.63) is 81.8 Å². The number of nitrogens with zero attached hydrogens (tertiary/aromatic N) is 2. The maximum atomic E-state index is 13.6. The second kappa shape index (κ2) is 15.9. The zero-order chi connectivity index (χ0) is 37.8. The minimum absolute atomic E-state index is 0.00190. The number of thioether (sulfide) groups is 1. The van der Waals surface area contributed by atoms with Crippen LogP contribution in [0.5, 0.6) is 11.5 Å². The summed E-state index contributed by atoms with van der Waals surface area (Å²) in [5.41, 5.74) is -3.39. The van der Waals surface area contributed by atoms with Gasteiger partial charge in [0.25, 0.3) is 5.91 Å². The van der Waals surface area contributed by atoms with E-state index in [1.54, 1.807) is 0 Å². The number of aromatic hydroxyl groups is 1. The van der Waals surface area contributed by atoms with E-state index in [-0.39, 0.29) is 68.6 Å². The predicted molar refractivity (Wildman–Crippen MR) is 183 cm³/mol. The van der Waals surface area contributed by atoms with Crippen molar-refractivity contribution in [1.82, 2.24) is 9.80 Å². The summed E-state index contributed by atoms with van der Waals surface area (Å²) < 4.78 is 93.2. The molecule has 52 heavy (non-hydrogen) atoms. The van der Waals surface area contributed by atoms with Gasteiger partial charge in [-0.15, -0.1) is 0 Å². The molecule has 3 N–H and O–H groups in total. The normalized spacial score (nSPS) is 16.4. The molecule has 276 valence electrons. The summed E-state index contributed by atoms with van der Waals surface area (Å²) in [7, 11) is 0. The summed E-state index contributed by atoms with van der Waals surface area (Å²) >= 11 is 6.25. The Hall–Kier alpha value is -4.65. The number of aromatic carboxylic acids is 1. The third-order valence-corrected chi connectivity index (χ3v) is 9.31. The average molecular weight is 770 g/mol. The van der Waals surface area contributed by atoms with Crippen LogP contribution in [-0.4, -0.2) is 88.1 Å². The number of carboxylic acid groups (broad SMARTS) is 1. The third-order valence-electron chi connectivity index (χ3n) is 7.93. The van der Waals surface area contributed by atoms with Gasteiger partial charge in [0.2, 0.25) is 5.91 Å². The van der Waals surface area contributed by atoms with Crippen LogP contribution in [0.1, 0.15) is 33.5 Å². The molecule has 2 aliphatic heterocycles. The van der Waals surface area contributed by atoms with E-state index in [0.717, 1.165) is 28.8 Å². The molecular formula is C34H29F6N3O7S2. The number of alkyl halides is 6. The van der Waals surface area contributed by atoms with E-state index in [1.807, 2.05) is 0 Å². The van der Waals surface area contributed by atoms with E-state index in [1.165, 1.54) is 30.3 Å². The molecule has 0 saturated carbocycles. The first-order valence-corrected chi connectivity index (χ1v) is 16.7. The second-order valence-corrected chi connectivity index (χ2v) is 13.2. The molecule has 0 radical (unpaired) electrons. The number of morpholine rings is 1. The minimum Gasteiger partial charge on any atom is -0.507 e. The molecule has 0 unspecified atom stereocenters. The van der Waals surface area contributed by atoms with Crippen molar-refractivity contribution in [3.8, 4) is 22.6 Å². The molecule has 0 spiro atoms. The summed E-state index contributed by atoms with van der Waals surface area (Å²) in [6.07, 6.45) is -8.99. The van der Waals surface area contributed by atoms with E-state index in [9.17, 15) is 45.8 Å². The zero-order valence-electron chi connectivity index (χ0n) is 26.8. The molecule has 2 saturated heterocycles. The highest BCUT2D eigenvalue weighted by molar-refractivity contribution is 8.26. The number of carbonyl (C=O) groups is 3. The highest BCUT2D eigenvalue weighted by atomic mass is 32.2. The van der Waals surface area contributed by atoms with Crippen molar-refractivity contribution in [2.45, 2.75) is 18.8 Å². The fourth-order valence-corrected chi connectivity index (χ4v) is 6.56. The lowest BCUT2D eigenvalue weighted by molar-refractivity contribution is -0.143. The molecule has 0 atom stereocenters. The Kier molecular flexibility index (Phi) is 11.8. The smallest absolute Gasteiger partial charge is 0.416 e. The van der Waals surface area contributed by atoms with Crippen molar-refractivity contribution < 1.29 is 60.4 Å². The standard InChI is InChI=1S/C34H29F6N3O7S2/c35-33(36,37)22-14-20(15-23(17-22)34(38,39)40)19-1-4-27(50-12-9-42-7-10-49-11-8-42)21(13-19)16-28-30(46)43(32(51)52-28)6-5-29(45)41-24-2-3-25(31(47)48)26(44)18-24/h1-4,13-18,44H,5-12H2,(H,41,45)(H,47,48)/b28-16-. The van der Waals surface area contributed by atoms with Gasteiger partial charge in [-0.3, -0.25) is 19.4 Å². The molecule has 0 bridgehead atoms. The Morgan fingerprint density at radius 3 is 2.23 bits per heavy atom. The Balaban J connectivity index is 1.39. The van der Waals surface area contributed by atoms with Gasteiger partial charge in [-0.2, -0.15) is 26.3 Å². The van der Waals surface area contributed by atoms with Gasteiger partial charge in [-0.1, -0.05) is 30.0 Å². The van der Waals surface area contributed by atoms with E-state index >= 15 is 0 Å². The number of nitrogens with one attached hydrogen (secondary N) is 1. The molecule has 18 heteroatoms. The maximum Gasteiger partial charge on any atom is 0.416 e. The first-order valence-electron chi connectivity index (χ1n) is 15.5. The molecule has 2 fully saturated rings. The number of anilines is 1. The average Bonchev–Trinajstić information content (AvgIpc) is 3.34. The highest BCUT2D eigenvalue weighted by Gasteiger charge is 2.37. The monoisotopic (exact) mass is 769 g/mol. The molecule has 5 rings (SSSR count). The van der Waals surface area contributed by atoms with E-state index in [0.29, 0.717) is 45.0 Å². The number of carbonyl (C=O) groups excluding carboxylic acids is 2. The van der Waals surface area contributed by atoms with E-state index in [2.05, 4.69) is 10.2 Å². The van der Waals surface area contributed by atoms with Crippen LogP contribution in [0, 0.1) is 0 Å². The topological polar surface area (TPSA) is 129 Å². The maximum absolute atomic E-state index is 13.6. The molecule has 3 aromatic rings. The van der Waals surface area contributed by atoms with Crippen LogP contribution in [0.25, 0.3) is 17.2 Å². The summed E-state index contributed by atoms with van der Waals surface area (Å²) in [5.74, 6) is -2.89. The molecule has 2 amide bonds. The van der Waals surface area contributed by atoms with Gasteiger partial charge in [-0.25, -0.2) is 4.79 Å². The van der Waals surface area contributed by atoms with Crippen molar-refractivity contribution >= 4 is 57.8 Å². The van der Waals surface area contributed by atoms with Crippen LogP contribution < -0.4 is 10.1 Å². The summed E-state index contributed by atoms with van der Waals surface area (Å²) in [5, 5.41) is 21.4. The van der Waals surface area contributed by atoms with Gasteiger partial charge in [0.15, 0.2) is 0 Å². The Bertz CT molecular complexity index is 1880. The number of thiocarbonyl (C=S) groups is 1. The number of hydrogen-bond donors (Lipinski definition) is 3. The van der Waals surface area contributed by atoms with Crippen molar-refractivity contribution in [2.24, 2.45) is 0 Å². The molecule has 0 aromatic heterocycles. The van der Waals surface area contributed by atoms with Crippen molar-refractivity contribution in [1.29, 1.82) is 0 Å². The molecule has 2 heterocycles. The second-order valence-electron chi connectivity index (χ2n) is 11.5. The van der Waals surface area contributed by atoms with Crippen LogP contribution in [0.2, 0.25) is 0 Å². The number of phenols is 1. The third kappa shape index (κ3) is 9.61. The Morgan fingerprint density at radius 2 is 1.62 bits per heavy atom. The summed E-state index contributed by atoms with van der Waals surface area (Å²) in [6, 6.07) is 8.76. The number of amides is 2. The highest BCUT2D eigenvalue weighted by Crippen LogP contribution is 2.40. The quantitative estimate of drug-likeness (QED) is 0.110.